The summed E-state index contributed by atoms with van der Waals surface area (Å²) < 4.78 is 18.5. The molecule has 1 amide bonds. The summed E-state index contributed by atoms with van der Waals surface area (Å²) in [6.07, 6.45) is 0. The molecule has 0 saturated carbocycles. The Kier molecular flexibility index (Phi) is 7.59. The highest BCUT2D eigenvalue weighted by atomic mass is 35.5. The molecule has 8 nitrogen and oxygen atoms in total. The van der Waals surface area contributed by atoms with E-state index in [2.05, 4.69) is 10.3 Å². The van der Waals surface area contributed by atoms with Crippen LogP contribution in [0, 0.1) is 5.82 Å². The maximum absolute atomic E-state index is 13.6. The molecule has 3 aromatic carbocycles. The molecule has 0 unspecified atom stereocenters. The van der Waals surface area contributed by atoms with E-state index in [0.29, 0.717) is 16.7 Å². The van der Waals surface area contributed by atoms with Crippen LogP contribution in [0.15, 0.2) is 66.7 Å². The number of benzene rings is 3. The fourth-order valence-corrected chi connectivity index (χ4v) is 4.26. The second kappa shape index (κ2) is 10.9. The number of carbonyl (C=O) groups excluding carboxylic acids is 2. The highest BCUT2D eigenvalue weighted by Gasteiger charge is 2.30. The maximum Gasteiger partial charge on any atom is 0.336 e. The van der Waals surface area contributed by atoms with Crippen molar-refractivity contribution >= 4 is 40.3 Å². The molecule has 194 valence electrons. The number of rotatable bonds is 7. The number of phenolic OH excluding ortho intramolecular Hbond substituents is 1. The number of halogens is 2. The topological polar surface area (TPSA) is 126 Å². The van der Waals surface area contributed by atoms with Crippen molar-refractivity contribution in [2.45, 2.75) is 18.9 Å². The number of carboxylic acids is 1. The Morgan fingerprint density at radius 1 is 1.00 bits per heavy atom. The van der Waals surface area contributed by atoms with Crippen molar-refractivity contribution in [1.29, 1.82) is 0 Å². The predicted octanol–water partition coefficient (Wildman–Crippen LogP) is 5.17. The fraction of sp³-hybridized carbons (Fsp3) is 0.143. The second-order valence-corrected chi connectivity index (χ2v) is 8.98. The number of amides is 1. The number of hydrogen-bond donors (Lipinski definition) is 3. The van der Waals surface area contributed by atoms with Crippen LogP contribution in [0.1, 0.15) is 39.3 Å². The van der Waals surface area contributed by atoms with Gasteiger partial charge in [0.05, 0.1) is 23.2 Å². The van der Waals surface area contributed by atoms with E-state index < -0.39 is 35.6 Å². The van der Waals surface area contributed by atoms with E-state index in [1.165, 1.54) is 37.4 Å². The molecule has 4 rings (SSSR count). The molecule has 0 fully saturated rings. The van der Waals surface area contributed by atoms with Crippen LogP contribution in [0.5, 0.6) is 5.75 Å². The number of aromatic nitrogens is 1. The van der Waals surface area contributed by atoms with E-state index in [9.17, 15) is 29.0 Å². The number of phenols is 1. The smallest absolute Gasteiger partial charge is 0.336 e. The third-order valence-electron chi connectivity index (χ3n) is 6.19. The van der Waals surface area contributed by atoms with E-state index in [1.807, 2.05) is 0 Å². The molecule has 0 aliphatic heterocycles. The lowest BCUT2D eigenvalue weighted by molar-refractivity contribution is -0.143. The molecule has 2 atom stereocenters. The molecule has 38 heavy (non-hydrogen) atoms. The van der Waals surface area contributed by atoms with Crippen LogP contribution in [-0.2, 0) is 9.53 Å². The number of nitrogens with one attached hydrogen (secondary N) is 1. The minimum Gasteiger partial charge on any atom is -0.508 e. The molecule has 1 heterocycles. The van der Waals surface area contributed by atoms with Crippen LogP contribution in [0.2, 0.25) is 5.02 Å². The van der Waals surface area contributed by atoms with Crippen molar-refractivity contribution in [2.75, 3.05) is 7.11 Å². The van der Waals surface area contributed by atoms with E-state index in [0.717, 1.165) is 6.07 Å². The van der Waals surface area contributed by atoms with Gasteiger partial charge in [0.2, 0.25) is 0 Å². The van der Waals surface area contributed by atoms with Crippen molar-refractivity contribution in [2.24, 2.45) is 0 Å². The van der Waals surface area contributed by atoms with Gasteiger partial charge in [-0.25, -0.2) is 19.0 Å². The van der Waals surface area contributed by atoms with Gasteiger partial charge in [0.1, 0.15) is 23.3 Å². The summed E-state index contributed by atoms with van der Waals surface area (Å²) in [5.74, 6) is -3.85. The van der Waals surface area contributed by atoms with Crippen molar-refractivity contribution in [1.82, 2.24) is 10.3 Å². The number of ether oxygens (including phenoxy) is 1. The summed E-state index contributed by atoms with van der Waals surface area (Å²) in [7, 11) is 1.19. The van der Waals surface area contributed by atoms with Crippen LogP contribution < -0.4 is 5.32 Å². The lowest BCUT2D eigenvalue weighted by atomic mass is 9.93. The van der Waals surface area contributed by atoms with Crippen LogP contribution in [0.4, 0.5) is 4.39 Å². The Morgan fingerprint density at radius 2 is 1.66 bits per heavy atom. The highest BCUT2D eigenvalue weighted by Crippen LogP contribution is 2.29. The molecule has 10 heteroatoms. The van der Waals surface area contributed by atoms with Crippen LogP contribution in [-0.4, -0.2) is 46.2 Å². The Hall–Kier alpha value is -4.50. The van der Waals surface area contributed by atoms with Crippen molar-refractivity contribution < 1.29 is 33.7 Å². The molecular formula is C28H22ClFN2O6. The van der Waals surface area contributed by atoms with Crippen LogP contribution in [0.3, 0.4) is 0 Å². The molecule has 0 bridgehead atoms. The van der Waals surface area contributed by atoms with Crippen LogP contribution in [0.25, 0.3) is 22.0 Å². The average Bonchev–Trinajstić information content (AvgIpc) is 2.91. The van der Waals surface area contributed by atoms with E-state index >= 15 is 0 Å². The monoisotopic (exact) mass is 536 g/mol. The summed E-state index contributed by atoms with van der Waals surface area (Å²) >= 11 is 5.89. The van der Waals surface area contributed by atoms with Crippen molar-refractivity contribution in [3.63, 3.8) is 0 Å². The summed E-state index contributed by atoms with van der Waals surface area (Å²) in [5, 5.41) is 22.2. The molecule has 0 radical (unpaired) electrons. The third kappa shape index (κ3) is 5.42. The minimum atomic E-state index is -1.29. The summed E-state index contributed by atoms with van der Waals surface area (Å²) in [6, 6.07) is 15.1. The first kappa shape index (κ1) is 26.6. The molecule has 1 aromatic heterocycles. The number of methoxy groups -OCH3 is 1. The highest BCUT2D eigenvalue weighted by molar-refractivity contribution is 6.31. The SMILES string of the molecule is COC(=O)[C@@H](NC(=O)c1cc(C(=O)O)c2cc(-c3ccc(F)c(Cl)c3)ccc2n1)[C@@H](C)c1ccc(O)cc1. The number of fused-ring (bicyclic) bond motifs is 1. The number of aromatic carboxylic acids is 1. The number of carbonyl (C=O) groups is 3. The van der Waals surface area contributed by atoms with Gasteiger partial charge in [0.25, 0.3) is 5.91 Å². The third-order valence-corrected chi connectivity index (χ3v) is 6.47. The summed E-state index contributed by atoms with van der Waals surface area (Å²) in [4.78, 5) is 42.1. The standard InChI is InChI=1S/C28H22ClFN2O6/c1-14(15-3-7-18(33)8-4-15)25(28(37)38-2)32-26(34)24-13-20(27(35)36)19-11-16(6-10-23(19)31-24)17-5-9-22(30)21(29)12-17/h3-14,25,33H,1-2H3,(H,32,34)(H,35,36)/t14-,25-/m0/s1. The van der Waals surface area contributed by atoms with E-state index in [4.69, 9.17) is 16.3 Å². The molecule has 0 spiro atoms. The lowest BCUT2D eigenvalue weighted by Gasteiger charge is -2.23. The number of pyridine rings is 1. The zero-order valence-corrected chi connectivity index (χ0v) is 21.0. The average molecular weight is 537 g/mol. The lowest BCUT2D eigenvalue weighted by Crippen LogP contribution is -2.45. The quantitative estimate of drug-likeness (QED) is 0.278. The van der Waals surface area contributed by atoms with Crippen molar-refractivity contribution in [3.05, 3.63) is 94.4 Å². The van der Waals surface area contributed by atoms with Gasteiger partial charge in [0, 0.05) is 11.3 Å². The van der Waals surface area contributed by atoms with Gasteiger partial charge in [-0.05, 0) is 59.2 Å². The van der Waals surface area contributed by atoms with E-state index in [-0.39, 0.29) is 32.9 Å². The second-order valence-electron chi connectivity index (χ2n) is 8.58. The van der Waals surface area contributed by atoms with Gasteiger partial charge in [-0.3, -0.25) is 4.79 Å². The number of hydrogen-bond acceptors (Lipinski definition) is 6. The Morgan fingerprint density at radius 3 is 2.29 bits per heavy atom. The first-order valence-corrected chi connectivity index (χ1v) is 11.8. The van der Waals surface area contributed by atoms with Crippen LogP contribution >= 0.6 is 11.6 Å². The summed E-state index contributed by atoms with van der Waals surface area (Å²) in [6.45, 7) is 1.70. The molecular weight excluding hydrogens is 515 g/mol. The normalized spacial score (nSPS) is 12.5. The van der Waals surface area contributed by atoms with Gasteiger partial charge in [0.15, 0.2) is 0 Å². The zero-order chi connectivity index (χ0) is 27.6. The van der Waals surface area contributed by atoms with Gasteiger partial charge < -0.3 is 20.3 Å². The van der Waals surface area contributed by atoms with Gasteiger partial charge >= 0.3 is 11.9 Å². The Labute approximate surface area is 221 Å². The number of carboxylic acid groups (broad SMARTS) is 1. The fourth-order valence-electron chi connectivity index (χ4n) is 4.07. The number of nitrogens with zero attached hydrogens (tertiary/aromatic N) is 1. The zero-order valence-electron chi connectivity index (χ0n) is 20.2. The molecule has 3 N–H and O–H groups in total. The summed E-state index contributed by atoms with van der Waals surface area (Å²) in [5.41, 5.74) is 1.64. The van der Waals surface area contributed by atoms with Gasteiger partial charge in [-0.1, -0.05) is 42.8 Å². The predicted molar refractivity (Wildman–Crippen MR) is 139 cm³/mol. The van der Waals surface area contributed by atoms with Gasteiger partial charge in [-0.2, -0.15) is 0 Å². The van der Waals surface area contributed by atoms with Gasteiger partial charge in [-0.15, -0.1) is 0 Å². The molecule has 0 aliphatic rings. The number of esters is 1. The molecule has 0 saturated heterocycles. The molecule has 0 aliphatic carbocycles. The van der Waals surface area contributed by atoms with E-state index in [1.54, 1.807) is 37.3 Å². The minimum absolute atomic E-state index is 0.0480. The first-order valence-electron chi connectivity index (χ1n) is 11.4. The molecule has 4 aromatic rings. The largest absolute Gasteiger partial charge is 0.508 e. The van der Waals surface area contributed by atoms with Crippen molar-refractivity contribution in [3.8, 4) is 16.9 Å². The Balaban J connectivity index is 1.70. The number of aromatic hydroxyl groups is 1. The first-order chi connectivity index (χ1) is 18.1. The Bertz CT molecular complexity index is 1560. The maximum atomic E-state index is 13.6.